The summed E-state index contributed by atoms with van der Waals surface area (Å²) in [6, 6.07) is 0.182. The second-order valence-corrected chi connectivity index (χ2v) is 2.45. The summed E-state index contributed by atoms with van der Waals surface area (Å²) in [7, 11) is 0. The summed E-state index contributed by atoms with van der Waals surface area (Å²) in [5.41, 5.74) is 0. The first-order valence-electron chi connectivity index (χ1n) is 3.27. The highest BCUT2D eigenvalue weighted by Crippen LogP contribution is 2.10. The van der Waals surface area contributed by atoms with Crippen LogP contribution >= 0.6 is 0 Å². The predicted octanol–water partition coefficient (Wildman–Crippen LogP) is -0.744. The van der Waals surface area contributed by atoms with E-state index < -0.39 is 0 Å². The van der Waals surface area contributed by atoms with E-state index >= 15 is 0 Å². The van der Waals surface area contributed by atoms with Gasteiger partial charge in [-0.15, -0.1) is 0 Å². The van der Waals surface area contributed by atoms with Crippen LogP contribution in [-0.4, -0.2) is 42.9 Å². The van der Waals surface area contributed by atoms with Crippen LogP contribution in [-0.2, 0) is 9.53 Å². The maximum atomic E-state index is 11.0. The van der Waals surface area contributed by atoms with Crippen LogP contribution in [0.3, 0.4) is 0 Å². The zero-order valence-electron chi connectivity index (χ0n) is 5.49. The Kier molecular flexibility index (Phi) is 1.20. The second kappa shape index (κ2) is 2.05. The van der Waals surface area contributed by atoms with Gasteiger partial charge in [0.2, 0.25) is 0 Å². The molecule has 2 aliphatic rings. The van der Waals surface area contributed by atoms with E-state index in [2.05, 4.69) is 4.99 Å². The molecule has 0 aromatic carbocycles. The summed E-state index contributed by atoms with van der Waals surface area (Å²) in [5.74, 6) is 0.0255. The number of rotatable bonds is 0. The maximum Gasteiger partial charge on any atom is 0.254 e. The number of morpholine rings is 1. The molecule has 0 aromatic rings. The molecule has 10 heavy (non-hydrogen) atoms. The Morgan fingerprint density at radius 3 is 3.50 bits per heavy atom. The molecule has 1 unspecified atom stereocenters. The van der Waals surface area contributed by atoms with Gasteiger partial charge in [-0.3, -0.25) is 14.7 Å². The fraction of sp³-hybridized carbons (Fsp3) is 0.667. The average Bonchev–Trinajstić information content (AvgIpc) is 2.36. The summed E-state index contributed by atoms with van der Waals surface area (Å²) in [4.78, 5) is 16.6. The van der Waals surface area contributed by atoms with Crippen molar-refractivity contribution in [3.63, 3.8) is 0 Å². The highest BCUT2D eigenvalue weighted by molar-refractivity contribution is 5.90. The monoisotopic (exact) mass is 140 g/mol. The SMILES string of the molecule is O=C1COCC2CN=CN12. The van der Waals surface area contributed by atoms with Gasteiger partial charge in [-0.1, -0.05) is 0 Å². The van der Waals surface area contributed by atoms with Gasteiger partial charge in [0, 0.05) is 0 Å². The Morgan fingerprint density at radius 2 is 2.70 bits per heavy atom. The lowest BCUT2D eigenvalue weighted by atomic mass is 10.2. The van der Waals surface area contributed by atoms with Crippen LogP contribution in [0.25, 0.3) is 0 Å². The number of amides is 1. The Balaban J connectivity index is 2.16. The minimum absolute atomic E-state index is 0.0255. The van der Waals surface area contributed by atoms with Crippen molar-refractivity contribution in [2.24, 2.45) is 4.99 Å². The molecular formula is C6H8N2O2. The number of nitrogens with zero attached hydrogens (tertiary/aromatic N) is 2. The minimum Gasteiger partial charge on any atom is -0.369 e. The topological polar surface area (TPSA) is 41.9 Å². The van der Waals surface area contributed by atoms with Crippen molar-refractivity contribution in [1.29, 1.82) is 0 Å². The van der Waals surface area contributed by atoms with Gasteiger partial charge in [-0.25, -0.2) is 0 Å². The van der Waals surface area contributed by atoms with Crippen molar-refractivity contribution in [1.82, 2.24) is 4.90 Å². The third kappa shape index (κ3) is 0.724. The minimum atomic E-state index is 0.0255. The summed E-state index contributed by atoms with van der Waals surface area (Å²) >= 11 is 0. The normalized spacial score (nSPS) is 31.0. The molecule has 0 N–H and O–H groups in total. The molecule has 0 bridgehead atoms. The molecule has 1 amide bonds. The summed E-state index contributed by atoms with van der Waals surface area (Å²) < 4.78 is 5.02. The van der Waals surface area contributed by atoms with Gasteiger partial charge < -0.3 is 4.74 Å². The fourth-order valence-corrected chi connectivity index (χ4v) is 1.20. The van der Waals surface area contributed by atoms with Crippen LogP contribution in [0.2, 0.25) is 0 Å². The standard InChI is InChI=1S/C6H8N2O2/c9-6-3-10-2-5-1-7-4-8(5)6/h4-5H,1-3H2. The van der Waals surface area contributed by atoms with Gasteiger partial charge in [0.15, 0.2) is 0 Å². The summed E-state index contributed by atoms with van der Waals surface area (Å²) in [6.45, 7) is 1.54. The number of carbonyl (C=O) groups excluding carboxylic acids is 1. The maximum absolute atomic E-state index is 11.0. The van der Waals surface area contributed by atoms with E-state index in [-0.39, 0.29) is 18.6 Å². The molecule has 2 heterocycles. The third-order valence-electron chi connectivity index (χ3n) is 1.74. The molecule has 0 aliphatic carbocycles. The molecule has 1 fully saturated rings. The third-order valence-corrected chi connectivity index (χ3v) is 1.74. The van der Waals surface area contributed by atoms with Crippen LogP contribution < -0.4 is 0 Å². The van der Waals surface area contributed by atoms with Crippen molar-refractivity contribution in [3.05, 3.63) is 0 Å². The lowest BCUT2D eigenvalue weighted by Crippen LogP contribution is -2.46. The molecule has 2 rings (SSSR count). The van der Waals surface area contributed by atoms with Gasteiger partial charge in [-0.2, -0.15) is 0 Å². The fourth-order valence-electron chi connectivity index (χ4n) is 1.20. The van der Waals surface area contributed by atoms with Crippen LogP contribution in [0.15, 0.2) is 4.99 Å². The lowest BCUT2D eigenvalue weighted by molar-refractivity contribution is -0.140. The van der Waals surface area contributed by atoms with Crippen molar-refractivity contribution >= 4 is 12.2 Å². The number of hydrogen-bond donors (Lipinski definition) is 0. The number of ether oxygens (including phenoxy) is 1. The van der Waals surface area contributed by atoms with Crippen LogP contribution in [0.5, 0.6) is 0 Å². The predicted molar refractivity (Wildman–Crippen MR) is 34.8 cm³/mol. The molecule has 0 radical (unpaired) electrons. The Bertz CT molecular complexity index is 190. The number of fused-ring (bicyclic) bond motifs is 1. The first-order chi connectivity index (χ1) is 4.88. The molecule has 54 valence electrons. The molecule has 4 heteroatoms. The van der Waals surface area contributed by atoms with Gasteiger partial charge in [0.05, 0.1) is 25.5 Å². The summed E-state index contributed by atoms with van der Waals surface area (Å²) in [5, 5.41) is 0. The molecule has 2 aliphatic heterocycles. The number of hydrogen-bond acceptors (Lipinski definition) is 3. The van der Waals surface area contributed by atoms with Crippen molar-refractivity contribution in [2.45, 2.75) is 6.04 Å². The highest BCUT2D eigenvalue weighted by atomic mass is 16.5. The van der Waals surface area contributed by atoms with Gasteiger partial charge in [0.1, 0.15) is 6.61 Å². The van der Waals surface area contributed by atoms with Crippen molar-refractivity contribution in [3.8, 4) is 0 Å². The molecule has 1 atom stereocenters. The quantitative estimate of drug-likeness (QED) is 0.444. The van der Waals surface area contributed by atoms with E-state index in [1.165, 1.54) is 0 Å². The average molecular weight is 140 g/mol. The highest BCUT2D eigenvalue weighted by Gasteiger charge is 2.30. The van der Waals surface area contributed by atoms with Crippen molar-refractivity contribution < 1.29 is 9.53 Å². The molecular weight excluding hydrogens is 132 g/mol. The first kappa shape index (κ1) is 5.85. The molecule has 1 saturated heterocycles. The first-order valence-corrected chi connectivity index (χ1v) is 3.27. The zero-order valence-corrected chi connectivity index (χ0v) is 5.49. The Labute approximate surface area is 58.5 Å². The number of carbonyl (C=O) groups is 1. The van der Waals surface area contributed by atoms with Gasteiger partial charge in [-0.05, 0) is 0 Å². The van der Waals surface area contributed by atoms with E-state index in [4.69, 9.17) is 4.74 Å². The number of aliphatic imine (C=N–C) groups is 1. The second-order valence-electron chi connectivity index (χ2n) is 2.45. The van der Waals surface area contributed by atoms with E-state index in [9.17, 15) is 4.79 Å². The molecule has 0 aromatic heterocycles. The Morgan fingerprint density at radius 1 is 1.80 bits per heavy atom. The van der Waals surface area contributed by atoms with Crippen LogP contribution in [0, 0.1) is 0 Å². The van der Waals surface area contributed by atoms with Gasteiger partial charge >= 0.3 is 0 Å². The Hall–Kier alpha value is -0.900. The van der Waals surface area contributed by atoms with Gasteiger partial charge in [0.25, 0.3) is 5.91 Å². The molecule has 0 spiro atoms. The van der Waals surface area contributed by atoms with E-state index in [0.717, 1.165) is 0 Å². The van der Waals surface area contributed by atoms with E-state index in [0.29, 0.717) is 13.2 Å². The lowest BCUT2D eigenvalue weighted by Gasteiger charge is -2.26. The molecule has 0 saturated carbocycles. The van der Waals surface area contributed by atoms with Crippen LogP contribution in [0.4, 0.5) is 0 Å². The summed E-state index contributed by atoms with van der Waals surface area (Å²) in [6.07, 6.45) is 1.61. The van der Waals surface area contributed by atoms with E-state index in [1.807, 2.05) is 0 Å². The smallest absolute Gasteiger partial charge is 0.254 e. The largest absolute Gasteiger partial charge is 0.369 e. The molecule has 4 nitrogen and oxygen atoms in total. The zero-order chi connectivity index (χ0) is 6.97. The van der Waals surface area contributed by atoms with Crippen molar-refractivity contribution in [2.75, 3.05) is 19.8 Å². The van der Waals surface area contributed by atoms with E-state index in [1.54, 1.807) is 11.2 Å². The van der Waals surface area contributed by atoms with Crippen LogP contribution in [0.1, 0.15) is 0 Å².